The maximum absolute atomic E-state index is 12.7. The van der Waals surface area contributed by atoms with Crippen LogP contribution in [-0.2, 0) is 14.3 Å². The lowest BCUT2D eigenvalue weighted by Crippen LogP contribution is -2.44. The molecular weight excluding hydrogens is 408 g/mol. The van der Waals surface area contributed by atoms with Crippen LogP contribution in [0.15, 0.2) is 23.1 Å². The van der Waals surface area contributed by atoms with E-state index in [0.717, 1.165) is 35.9 Å². The Hall–Kier alpha value is -2.52. The average molecular weight is 435 g/mol. The molecule has 30 heavy (non-hydrogen) atoms. The standard InChI is InChI=1S/C21H26N2O6S/c1-27-10-11-29-16-7-6-15(12-17(16)28-2)13-18-20(25)23(21(26)30-18)14-19(24)22-8-4-3-5-9-22/h6-7,12-13H,3-5,8-11,14H2,1-2H3/b18-13-. The van der Waals surface area contributed by atoms with Gasteiger partial charge in [0.2, 0.25) is 5.91 Å². The van der Waals surface area contributed by atoms with E-state index >= 15 is 0 Å². The molecule has 0 atom stereocenters. The maximum Gasteiger partial charge on any atom is 0.294 e. The van der Waals surface area contributed by atoms with Crippen LogP contribution in [0.3, 0.4) is 0 Å². The van der Waals surface area contributed by atoms with Gasteiger partial charge in [-0.15, -0.1) is 0 Å². The highest BCUT2D eigenvalue weighted by Gasteiger charge is 2.37. The number of piperidine rings is 1. The number of amides is 3. The van der Waals surface area contributed by atoms with Crippen molar-refractivity contribution in [2.24, 2.45) is 0 Å². The summed E-state index contributed by atoms with van der Waals surface area (Å²) in [5.41, 5.74) is 0.693. The molecule has 1 aromatic carbocycles. The molecule has 0 unspecified atom stereocenters. The smallest absolute Gasteiger partial charge is 0.294 e. The van der Waals surface area contributed by atoms with Crippen molar-refractivity contribution in [1.82, 2.24) is 9.80 Å². The number of hydrogen-bond acceptors (Lipinski definition) is 7. The van der Waals surface area contributed by atoms with Gasteiger partial charge in [-0.1, -0.05) is 6.07 Å². The molecular formula is C21H26N2O6S. The Kier molecular flexibility index (Phi) is 7.75. The Morgan fingerprint density at radius 1 is 1.10 bits per heavy atom. The highest BCUT2D eigenvalue weighted by molar-refractivity contribution is 8.18. The minimum Gasteiger partial charge on any atom is -0.493 e. The third-order valence-electron chi connectivity index (χ3n) is 4.91. The first kappa shape index (κ1) is 22.2. The second-order valence-corrected chi connectivity index (χ2v) is 7.95. The summed E-state index contributed by atoms with van der Waals surface area (Å²) in [6.07, 6.45) is 4.65. The SMILES string of the molecule is COCCOc1ccc(/C=C2\SC(=O)N(CC(=O)N3CCCCC3)C2=O)cc1OC. The highest BCUT2D eigenvalue weighted by Crippen LogP contribution is 2.34. The van der Waals surface area contributed by atoms with Gasteiger partial charge >= 0.3 is 0 Å². The highest BCUT2D eigenvalue weighted by atomic mass is 32.2. The fourth-order valence-corrected chi connectivity index (χ4v) is 4.13. The molecule has 2 saturated heterocycles. The summed E-state index contributed by atoms with van der Waals surface area (Å²) in [5.74, 6) is 0.443. The fraction of sp³-hybridized carbons (Fsp3) is 0.476. The van der Waals surface area contributed by atoms with Gasteiger partial charge in [-0.2, -0.15) is 0 Å². The summed E-state index contributed by atoms with van der Waals surface area (Å²) in [5, 5.41) is -0.428. The van der Waals surface area contributed by atoms with E-state index in [1.807, 2.05) is 0 Å². The second-order valence-electron chi connectivity index (χ2n) is 6.96. The predicted octanol–water partition coefficient (Wildman–Crippen LogP) is 2.77. The van der Waals surface area contributed by atoms with E-state index in [1.54, 1.807) is 36.3 Å². The average Bonchev–Trinajstić information content (AvgIpc) is 3.02. The van der Waals surface area contributed by atoms with Crippen molar-refractivity contribution >= 4 is 34.9 Å². The van der Waals surface area contributed by atoms with Crippen LogP contribution in [-0.4, -0.2) is 73.9 Å². The van der Waals surface area contributed by atoms with Crippen molar-refractivity contribution in [3.63, 3.8) is 0 Å². The number of hydrogen-bond donors (Lipinski definition) is 0. The van der Waals surface area contributed by atoms with E-state index in [0.29, 0.717) is 43.4 Å². The predicted molar refractivity (Wildman–Crippen MR) is 113 cm³/mol. The molecule has 3 amide bonds. The summed E-state index contributed by atoms with van der Waals surface area (Å²) in [6.45, 7) is 1.99. The Bertz CT molecular complexity index is 835. The van der Waals surface area contributed by atoms with Gasteiger partial charge < -0.3 is 19.1 Å². The second kappa shape index (κ2) is 10.5. The molecule has 9 heteroatoms. The molecule has 0 spiro atoms. The van der Waals surface area contributed by atoms with Crippen LogP contribution in [0.5, 0.6) is 11.5 Å². The van der Waals surface area contributed by atoms with E-state index in [9.17, 15) is 14.4 Å². The maximum atomic E-state index is 12.7. The Morgan fingerprint density at radius 3 is 2.57 bits per heavy atom. The van der Waals surface area contributed by atoms with Gasteiger partial charge in [0.05, 0.1) is 18.6 Å². The van der Waals surface area contributed by atoms with Crippen LogP contribution < -0.4 is 9.47 Å². The molecule has 0 aromatic heterocycles. The lowest BCUT2D eigenvalue weighted by atomic mass is 10.1. The molecule has 2 aliphatic heterocycles. The largest absolute Gasteiger partial charge is 0.493 e. The summed E-state index contributed by atoms with van der Waals surface area (Å²) in [7, 11) is 3.12. The van der Waals surface area contributed by atoms with Crippen LogP contribution in [0.2, 0.25) is 0 Å². The summed E-state index contributed by atoms with van der Waals surface area (Å²) in [4.78, 5) is 40.5. The number of thioether (sulfide) groups is 1. The molecule has 3 rings (SSSR count). The molecule has 0 N–H and O–H groups in total. The first-order valence-electron chi connectivity index (χ1n) is 9.86. The number of carbonyl (C=O) groups is 3. The first-order chi connectivity index (χ1) is 14.5. The molecule has 2 aliphatic rings. The Balaban J connectivity index is 1.69. The zero-order valence-electron chi connectivity index (χ0n) is 17.2. The number of imide groups is 1. The number of rotatable bonds is 8. The molecule has 1 aromatic rings. The lowest BCUT2D eigenvalue weighted by molar-refractivity contribution is -0.136. The molecule has 0 aliphatic carbocycles. The number of likely N-dealkylation sites (tertiary alicyclic amines) is 1. The van der Waals surface area contributed by atoms with Crippen LogP contribution in [0.1, 0.15) is 24.8 Å². The van der Waals surface area contributed by atoms with Gasteiger partial charge in [0.25, 0.3) is 11.1 Å². The zero-order valence-corrected chi connectivity index (χ0v) is 18.0. The van der Waals surface area contributed by atoms with Crippen LogP contribution in [0.4, 0.5) is 4.79 Å². The lowest BCUT2D eigenvalue weighted by Gasteiger charge is -2.27. The monoisotopic (exact) mass is 434 g/mol. The van der Waals surface area contributed by atoms with E-state index in [-0.39, 0.29) is 17.4 Å². The van der Waals surface area contributed by atoms with Crippen molar-refractivity contribution in [3.8, 4) is 11.5 Å². The minimum atomic E-state index is -0.449. The summed E-state index contributed by atoms with van der Waals surface area (Å²) >= 11 is 0.839. The van der Waals surface area contributed by atoms with Crippen molar-refractivity contribution in [2.75, 3.05) is 47.1 Å². The van der Waals surface area contributed by atoms with E-state index < -0.39 is 11.1 Å². The third-order valence-corrected chi connectivity index (χ3v) is 5.81. The van der Waals surface area contributed by atoms with Crippen molar-refractivity contribution in [3.05, 3.63) is 28.7 Å². The topological polar surface area (TPSA) is 85.4 Å². The number of carbonyl (C=O) groups excluding carboxylic acids is 3. The van der Waals surface area contributed by atoms with Crippen molar-refractivity contribution in [1.29, 1.82) is 0 Å². The Morgan fingerprint density at radius 2 is 1.87 bits per heavy atom. The molecule has 0 saturated carbocycles. The number of benzene rings is 1. The molecule has 0 radical (unpaired) electrons. The molecule has 8 nitrogen and oxygen atoms in total. The van der Waals surface area contributed by atoms with Crippen LogP contribution >= 0.6 is 11.8 Å². The van der Waals surface area contributed by atoms with Crippen LogP contribution in [0, 0.1) is 0 Å². The minimum absolute atomic E-state index is 0.183. The molecule has 0 bridgehead atoms. The van der Waals surface area contributed by atoms with Gasteiger partial charge in [0.15, 0.2) is 11.5 Å². The van der Waals surface area contributed by atoms with Gasteiger partial charge in [-0.25, -0.2) is 0 Å². The van der Waals surface area contributed by atoms with E-state index in [1.165, 1.54) is 7.11 Å². The van der Waals surface area contributed by atoms with Gasteiger partial charge in [0, 0.05) is 20.2 Å². The zero-order chi connectivity index (χ0) is 21.5. The number of ether oxygens (including phenoxy) is 3. The van der Waals surface area contributed by atoms with Crippen molar-refractivity contribution in [2.45, 2.75) is 19.3 Å². The molecule has 2 fully saturated rings. The normalized spacial score (nSPS) is 18.3. The Labute approximate surface area is 180 Å². The quantitative estimate of drug-likeness (QED) is 0.459. The van der Waals surface area contributed by atoms with E-state index in [4.69, 9.17) is 14.2 Å². The van der Waals surface area contributed by atoms with Crippen molar-refractivity contribution < 1.29 is 28.6 Å². The van der Waals surface area contributed by atoms with Gasteiger partial charge in [-0.05, 0) is 54.8 Å². The summed E-state index contributed by atoms with van der Waals surface area (Å²) < 4.78 is 15.9. The molecule has 2 heterocycles. The first-order valence-corrected chi connectivity index (χ1v) is 10.7. The number of methoxy groups -OCH3 is 2. The molecule has 162 valence electrons. The van der Waals surface area contributed by atoms with E-state index in [2.05, 4.69) is 0 Å². The van der Waals surface area contributed by atoms with Gasteiger partial charge in [0.1, 0.15) is 13.2 Å². The summed E-state index contributed by atoms with van der Waals surface area (Å²) in [6, 6.07) is 5.25. The van der Waals surface area contributed by atoms with Crippen LogP contribution in [0.25, 0.3) is 6.08 Å². The number of nitrogens with zero attached hydrogens (tertiary/aromatic N) is 2. The third kappa shape index (κ3) is 5.34. The fourth-order valence-electron chi connectivity index (χ4n) is 3.29. The van der Waals surface area contributed by atoms with Gasteiger partial charge in [-0.3, -0.25) is 19.3 Å².